The maximum Gasteiger partial charge on any atom is 0.303 e. The molecule has 2 fully saturated rings. The van der Waals surface area contributed by atoms with E-state index >= 15 is 0 Å². The molecule has 0 aromatic rings. The van der Waals surface area contributed by atoms with Crippen LogP contribution in [0.1, 0.15) is 70.6 Å². The number of carbonyl (C=O) groups is 1. The molecule has 0 aromatic heterocycles. The minimum absolute atomic E-state index is 0.362. The topological polar surface area (TPSA) is 37.3 Å². The third kappa shape index (κ3) is 3.72. The van der Waals surface area contributed by atoms with Gasteiger partial charge in [0.2, 0.25) is 0 Å². The highest BCUT2D eigenvalue weighted by Crippen LogP contribution is 2.45. The molecule has 0 heterocycles. The summed E-state index contributed by atoms with van der Waals surface area (Å²) in [5.74, 6) is 2.29. The Hall–Kier alpha value is -0.530. The Morgan fingerprint density at radius 3 is 2.59 bits per heavy atom. The smallest absolute Gasteiger partial charge is 0.303 e. The minimum atomic E-state index is -0.635. The quantitative estimate of drug-likeness (QED) is 0.727. The Kier molecular flexibility index (Phi) is 4.87. The lowest BCUT2D eigenvalue weighted by Crippen LogP contribution is -2.30. The normalized spacial score (nSPS) is 33.1. The van der Waals surface area contributed by atoms with Gasteiger partial charge in [0.25, 0.3) is 0 Å². The van der Waals surface area contributed by atoms with Crippen molar-refractivity contribution in [2.75, 3.05) is 0 Å². The van der Waals surface area contributed by atoms with Gasteiger partial charge in [-0.25, -0.2) is 0 Å². The van der Waals surface area contributed by atoms with E-state index in [4.69, 9.17) is 5.11 Å². The van der Waals surface area contributed by atoms with E-state index < -0.39 is 5.97 Å². The van der Waals surface area contributed by atoms with Gasteiger partial charge in [-0.15, -0.1) is 0 Å². The van der Waals surface area contributed by atoms with Gasteiger partial charge in [0.1, 0.15) is 0 Å². The van der Waals surface area contributed by atoms with E-state index in [0.717, 1.165) is 30.6 Å². The summed E-state index contributed by atoms with van der Waals surface area (Å²) < 4.78 is 0. The fourth-order valence-corrected chi connectivity index (χ4v) is 4.11. The van der Waals surface area contributed by atoms with Crippen LogP contribution in [0.3, 0.4) is 0 Å². The first kappa shape index (κ1) is 12.9. The molecule has 0 spiro atoms. The van der Waals surface area contributed by atoms with Gasteiger partial charge in [0, 0.05) is 6.42 Å². The molecule has 98 valence electrons. The van der Waals surface area contributed by atoms with Gasteiger partial charge >= 0.3 is 5.97 Å². The van der Waals surface area contributed by atoms with Gasteiger partial charge in [0.15, 0.2) is 0 Å². The van der Waals surface area contributed by atoms with Gasteiger partial charge in [-0.3, -0.25) is 4.79 Å². The number of carboxylic acids is 1. The molecular weight excluding hydrogens is 212 g/mol. The van der Waals surface area contributed by atoms with Crippen LogP contribution in [0.25, 0.3) is 0 Å². The van der Waals surface area contributed by atoms with Crippen molar-refractivity contribution in [3.8, 4) is 0 Å². The molecule has 0 aromatic carbocycles. The van der Waals surface area contributed by atoms with Gasteiger partial charge in [-0.05, 0) is 30.6 Å². The summed E-state index contributed by atoms with van der Waals surface area (Å²) >= 11 is 0. The first-order valence-corrected chi connectivity index (χ1v) is 7.49. The van der Waals surface area contributed by atoms with Crippen LogP contribution in [0.2, 0.25) is 0 Å². The number of unbranched alkanes of at least 4 members (excludes halogenated alkanes) is 1. The number of hydrogen-bond acceptors (Lipinski definition) is 1. The monoisotopic (exact) mass is 238 g/mol. The Labute approximate surface area is 105 Å². The molecular formula is C15H26O2. The summed E-state index contributed by atoms with van der Waals surface area (Å²) in [6.07, 6.45) is 13.8. The van der Waals surface area contributed by atoms with Crippen LogP contribution in [-0.2, 0) is 4.79 Å². The van der Waals surface area contributed by atoms with Gasteiger partial charge in [-0.1, -0.05) is 51.4 Å². The molecule has 0 saturated heterocycles. The molecule has 3 atom stereocenters. The Balaban J connectivity index is 1.73. The lowest BCUT2D eigenvalue weighted by atomic mass is 9.64. The van der Waals surface area contributed by atoms with Crippen molar-refractivity contribution in [2.45, 2.75) is 70.6 Å². The SMILES string of the molecule is O=C(O)CCCC[C@@H]1CCC[C@@H]2CCCC[C@H]12. The van der Waals surface area contributed by atoms with E-state index in [1.54, 1.807) is 0 Å². The van der Waals surface area contributed by atoms with Crippen LogP contribution in [-0.4, -0.2) is 11.1 Å². The van der Waals surface area contributed by atoms with Crippen LogP contribution in [0.5, 0.6) is 0 Å². The average Bonchev–Trinajstić information content (AvgIpc) is 2.34. The molecule has 0 amide bonds. The van der Waals surface area contributed by atoms with Crippen LogP contribution in [0, 0.1) is 17.8 Å². The van der Waals surface area contributed by atoms with Crippen molar-refractivity contribution < 1.29 is 9.90 Å². The second-order valence-corrected chi connectivity index (χ2v) is 6.04. The van der Waals surface area contributed by atoms with E-state index in [-0.39, 0.29) is 0 Å². The van der Waals surface area contributed by atoms with E-state index in [9.17, 15) is 4.79 Å². The maximum absolute atomic E-state index is 10.5. The van der Waals surface area contributed by atoms with E-state index in [0.29, 0.717) is 6.42 Å². The molecule has 17 heavy (non-hydrogen) atoms. The van der Waals surface area contributed by atoms with Crippen LogP contribution in [0.4, 0.5) is 0 Å². The highest BCUT2D eigenvalue weighted by atomic mass is 16.4. The number of carboxylic acid groups (broad SMARTS) is 1. The summed E-state index contributed by atoms with van der Waals surface area (Å²) in [5.41, 5.74) is 0. The molecule has 1 N–H and O–H groups in total. The average molecular weight is 238 g/mol. The van der Waals surface area contributed by atoms with E-state index in [1.807, 2.05) is 0 Å². The fourth-order valence-electron chi connectivity index (χ4n) is 4.11. The number of rotatable bonds is 5. The zero-order chi connectivity index (χ0) is 12.1. The largest absolute Gasteiger partial charge is 0.481 e. The zero-order valence-electron chi connectivity index (χ0n) is 10.9. The van der Waals surface area contributed by atoms with Gasteiger partial charge in [-0.2, -0.15) is 0 Å². The summed E-state index contributed by atoms with van der Waals surface area (Å²) in [4.78, 5) is 10.5. The second kappa shape index (κ2) is 6.42. The second-order valence-electron chi connectivity index (χ2n) is 6.04. The highest BCUT2D eigenvalue weighted by molar-refractivity contribution is 5.66. The molecule has 0 aliphatic heterocycles. The van der Waals surface area contributed by atoms with Crippen LogP contribution < -0.4 is 0 Å². The molecule has 2 nitrogen and oxygen atoms in total. The molecule has 2 rings (SSSR count). The van der Waals surface area contributed by atoms with Crippen LogP contribution in [0.15, 0.2) is 0 Å². The molecule has 2 heteroatoms. The summed E-state index contributed by atoms with van der Waals surface area (Å²) in [6.45, 7) is 0. The van der Waals surface area contributed by atoms with Crippen molar-refractivity contribution >= 4 is 5.97 Å². The number of aliphatic carboxylic acids is 1. The van der Waals surface area contributed by atoms with Crippen molar-refractivity contribution in [3.05, 3.63) is 0 Å². The standard InChI is InChI=1S/C15H26O2/c16-15(17)11-4-2-7-13-9-5-8-12-6-1-3-10-14(12)13/h12-14H,1-11H2,(H,16,17)/t12-,13+,14-/m0/s1. The molecule has 2 aliphatic carbocycles. The number of fused-ring (bicyclic) bond motifs is 1. The Morgan fingerprint density at radius 1 is 1.00 bits per heavy atom. The predicted molar refractivity (Wildman–Crippen MR) is 68.9 cm³/mol. The van der Waals surface area contributed by atoms with Crippen molar-refractivity contribution in [1.82, 2.24) is 0 Å². The predicted octanol–water partition coefficient (Wildman–Crippen LogP) is 4.24. The van der Waals surface area contributed by atoms with E-state index in [1.165, 1.54) is 51.4 Å². The number of hydrogen-bond donors (Lipinski definition) is 1. The molecule has 2 saturated carbocycles. The van der Waals surface area contributed by atoms with Crippen molar-refractivity contribution in [2.24, 2.45) is 17.8 Å². The maximum atomic E-state index is 10.5. The zero-order valence-corrected chi connectivity index (χ0v) is 10.9. The minimum Gasteiger partial charge on any atom is -0.481 e. The van der Waals surface area contributed by atoms with E-state index in [2.05, 4.69) is 0 Å². The third-order valence-electron chi connectivity index (χ3n) is 4.94. The highest BCUT2D eigenvalue weighted by Gasteiger charge is 2.34. The Bertz CT molecular complexity index is 247. The fraction of sp³-hybridized carbons (Fsp3) is 0.933. The van der Waals surface area contributed by atoms with Crippen molar-refractivity contribution in [1.29, 1.82) is 0 Å². The lowest BCUT2D eigenvalue weighted by Gasteiger charge is -2.41. The molecule has 0 radical (unpaired) electrons. The molecule has 2 aliphatic rings. The molecule has 0 unspecified atom stereocenters. The van der Waals surface area contributed by atoms with Gasteiger partial charge in [0.05, 0.1) is 0 Å². The first-order valence-electron chi connectivity index (χ1n) is 7.49. The summed E-state index contributed by atoms with van der Waals surface area (Å²) in [6, 6.07) is 0. The molecule has 0 bridgehead atoms. The third-order valence-corrected chi connectivity index (χ3v) is 4.94. The summed E-state index contributed by atoms with van der Waals surface area (Å²) in [7, 11) is 0. The summed E-state index contributed by atoms with van der Waals surface area (Å²) in [5, 5.41) is 8.64. The van der Waals surface area contributed by atoms with Crippen molar-refractivity contribution in [3.63, 3.8) is 0 Å². The Morgan fingerprint density at radius 2 is 1.76 bits per heavy atom. The lowest BCUT2D eigenvalue weighted by molar-refractivity contribution is -0.137. The first-order chi connectivity index (χ1) is 8.27. The van der Waals surface area contributed by atoms with Gasteiger partial charge < -0.3 is 5.11 Å². The van der Waals surface area contributed by atoms with Crippen LogP contribution >= 0.6 is 0 Å².